The normalized spacial score (nSPS) is 11.3. The number of amides is 2. The van der Waals surface area contributed by atoms with Crippen molar-refractivity contribution in [3.63, 3.8) is 0 Å². The van der Waals surface area contributed by atoms with Crippen LogP contribution in [0.5, 0.6) is 0 Å². The average Bonchev–Trinajstić information content (AvgIpc) is 2.52. The fourth-order valence-electron chi connectivity index (χ4n) is 1.71. The molecule has 0 bridgehead atoms. The molecule has 1 aromatic rings. The molecule has 6 heteroatoms. The summed E-state index contributed by atoms with van der Waals surface area (Å²) in [7, 11) is 1.30. The number of ether oxygens (including phenoxy) is 1. The Morgan fingerprint density at radius 2 is 1.86 bits per heavy atom. The van der Waals surface area contributed by atoms with Gasteiger partial charge in [-0.25, -0.2) is 0 Å². The van der Waals surface area contributed by atoms with Gasteiger partial charge in [0.05, 0.1) is 20.1 Å². The molecule has 2 N–H and O–H groups in total. The molecular formula is C15H20N2O4. The monoisotopic (exact) mass is 292 g/mol. The van der Waals surface area contributed by atoms with Crippen molar-refractivity contribution < 1.29 is 19.1 Å². The molecule has 0 aliphatic carbocycles. The maximum atomic E-state index is 11.8. The summed E-state index contributed by atoms with van der Waals surface area (Å²) in [5, 5.41) is 5.21. The second kappa shape index (κ2) is 8.73. The first kappa shape index (κ1) is 16.7. The summed E-state index contributed by atoms with van der Waals surface area (Å²) in [5.74, 6) is -1.03. The third kappa shape index (κ3) is 6.07. The second-order valence-electron chi connectivity index (χ2n) is 4.50. The Balaban J connectivity index is 2.39. The maximum absolute atomic E-state index is 11.8. The van der Waals surface area contributed by atoms with Crippen LogP contribution in [0.3, 0.4) is 0 Å². The number of carbonyl (C=O) groups excluding carboxylic acids is 3. The molecule has 0 radical (unpaired) electrons. The topological polar surface area (TPSA) is 84.5 Å². The van der Waals surface area contributed by atoms with Gasteiger partial charge in [0, 0.05) is 11.6 Å². The van der Waals surface area contributed by atoms with E-state index in [0.29, 0.717) is 12.0 Å². The third-order valence-corrected chi connectivity index (χ3v) is 2.94. The predicted octanol–water partition coefficient (Wildman–Crippen LogP) is 0.874. The van der Waals surface area contributed by atoms with Crippen LogP contribution in [0.15, 0.2) is 30.3 Å². The van der Waals surface area contributed by atoms with Crippen LogP contribution in [0.4, 0.5) is 0 Å². The van der Waals surface area contributed by atoms with E-state index in [9.17, 15) is 14.4 Å². The molecule has 0 saturated heterocycles. The number of carbonyl (C=O) groups is 3. The molecule has 0 aliphatic rings. The number of hydrogen-bond donors (Lipinski definition) is 2. The average molecular weight is 292 g/mol. The lowest BCUT2D eigenvalue weighted by molar-refractivity contribution is -0.141. The highest BCUT2D eigenvalue weighted by molar-refractivity contribution is 5.96. The molecule has 1 atom stereocenters. The van der Waals surface area contributed by atoms with E-state index in [1.807, 2.05) is 13.0 Å². The lowest BCUT2D eigenvalue weighted by atomic mass is 10.1. The summed E-state index contributed by atoms with van der Waals surface area (Å²) >= 11 is 0. The fraction of sp³-hybridized carbons (Fsp3) is 0.400. The van der Waals surface area contributed by atoms with Gasteiger partial charge in [-0.05, 0) is 18.6 Å². The van der Waals surface area contributed by atoms with Crippen molar-refractivity contribution in [3.05, 3.63) is 35.9 Å². The van der Waals surface area contributed by atoms with Crippen molar-refractivity contribution in [2.24, 2.45) is 0 Å². The largest absolute Gasteiger partial charge is 0.469 e. The zero-order valence-corrected chi connectivity index (χ0v) is 12.2. The molecule has 114 valence electrons. The van der Waals surface area contributed by atoms with Crippen molar-refractivity contribution in [3.8, 4) is 0 Å². The first-order valence-electron chi connectivity index (χ1n) is 6.76. The Kier molecular flexibility index (Phi) is 6.94. The van der Waals surface area contributed by atoms with Gasteiger partial charge in [0.1, 0.15) is 0 Å². The summed E-state index contributed by atoms with van der Waals surface area (Å²) < 4.78 is 4.56. The van der Waals surface area contributed by atoms with Crippen LogP contribution in [0.1, 0.15) is 30.1 Å². The highest BCUT2D eigenvalue weighted by atomic mass is 16.5. The van der Waals surface area contributed by atoms with Crippen LogP contribution < -0.4 is 10.6 Å². The molecule has 6 nitrogen and oxygen atoms in total. The number of methoxy groups -OCH3 is 1. The number of nitrogens with one attached hydrogen (secondary N) is 2. The highest BCUT2D eigenvalue weighted by Crippen LogP contribution is 2.00. The second-order valence-corrected chi connectivity index (χ2v) is 4.50. The van der Waals surface area contributed by atoms with Crippen LogP contribution in [-0.4, -0.2) is 37.5 Å². The van der Waals surface area contributed by atoms with E-state index in [2.05, 4.69) is 15.4 Å². The summed E-state index contributed by atoms with van der Waals surface area (Å²) in [5.41, 5.74) is 0.493. The Labute approximate surface area is 123 Å². The molecule has 0 spiro atoms. The van der Waals surface area contributed by atoms with Crippen molar-refractivity contribution in [1.29, 1.82) is 0 Å². The molecule has 1 aromatic carbocycles. The van der Waals surface area contributed by atoms with Crippen LogP contribution in [0.25, 0.3) is 0 Å². The first-order chi connectivity index (χ1) is 10.1. The van der Waals surface area contributed by atoms with E-state index >= 15 is 0 Å². The molecule has 0 fully saturated rings. The van der Waals surface area contributed by atoms with E-state index in [4.69, 9.17) is 0 Å². The van der Waals surface area contributed by atoms with Crippen LogP contribution in [0, 0.1) is 0 Å². The van der Waals surface area contributed by atoms with Gasteiger partial charge in [0.2, 0.25) is 5.91 Å². The Bertz CT molecular complexity index is 488. The van der Waals surface area contributed by atoms with Crippen LogP contribution in [-0.2, 0) is 14.3 Å². The van der Waals surface area contributed by atoms with Gasteiger partial charge < -0.3 is 15.4 Å². The smallest absolute Gasteiger partial charge is 0.307 e. The molecule has 21 heavy (non-hydrogen) atoms. The van der Waals surface area contributed by atoms with Crippen molar-refractivity contribution >= 4 is 17.8 Å². The SMILES string of the molecule is CCC(CC(=O)OC)NC(=O)CNC(=O)c1ccccc1. The lowest BCUT2D eigenvalue weighted by Crippen LogP contribution is -2.42. The predicted molar refractivity (Wildman–Crippen MR) is 77.6 cm³/mol. The molecule has 1 rings (SSSR count). The molecule has 2 amide bonds. The summed E-state index contributed by atoms with van der Waals surface area (Å²) in [4.78, 5) is 34.7. The molecule has 0 aliphatic heterocycles. The number of hydrogen-bond acceptors (Lipinski definition) is 4. The fourth-order valence-corrected chi connectivity index (χ4v) is 1.71. The minimum Gasteiger partial charge on any atom is -0.469 e. The van der Waals surface area contributed by atoms with Crippen molar-refractivity contribution in [2.75, 3.05) is 13.7 Å². The first-order valence-corrected chi connectivity index (χ1v) is 6.76. The number of rotatable bonds is 7. The molecular weight excluding hydrogens is 272 g/mol. The van der Waals surface area contributed by atoms with Crippen molar-refractivity contribution in [1.82, 2.24) is 10.6 Å². The highest BCUT2D eigenvalue weighted by Gasteiger charge is 2.15. The molecule has 0 heterocycles. The van der Waals surface area contributed by atoms with E-state index in [1.54, 1.807) is 24.3 Å². The summed E-state index contributed by atoms with van der Waals surface area (Å²) in [6, 6.07) is 8.34. The third-order valence-electron chi connectivity index (χ3n) is 2.94. The van der Waals surface area contributed by atoms with Gasteiger partial charge in [-0.1, -0.05) is 25.1 Å². The van der Waals surface area contributed by atoms with E-state index in [0.717, 1.165) is 0 Å². The summed E-state index contributed by atoms with van der Waals surface area (Å²) in [6.45, 7) is 1.72. The van der Waals surface area contributed by atoms with Gasteiger partial charge in [0.15, 0.2) is 0 Å². The van der Waals surface area contributed by atoms with Crippen molar-refractivity contribution in [2.45, 2.75) is 25.8 Å². The zero-order chi connectivity index (χ0) is 15.7. The van der Waals surface area contributed by atoms with E-state index < -0.39 is 0 Å². The maximum Gasteiger partial charge on any atom is 0.307 e. The van der Waals surface area contributed by atoms with Crippen LogP contribution >= 0.6 is 0 Å². The Morgan fingerprint density at radius 3 is 2.43 bits per heavy atom. The molecule has 0 aromatic heterocycles. The molecule has 0 saturated carbocycles. The van der Waals surface area contributed by atoms with Gasteiger partial charge in [-0.3, -0.25) is 14.4 Å². The minimum absolute atomic E-state index is 0.116. The standard InChI is InChI=1S/C15H20N2O4/c1-3-12(9-14(19)21-2)17-13(18)10-16-15(20)11-7-5-4-6-8-11/h4-8,12H,3,9-10H2,1-2H3,(H,16,20)(H,17,18). The van der Waals surface area contributed by atoms with Gasteiger partial charge >= 0.3 is 5.97 Å². The van der Waals surface area contributed by atoms with E-state index in [1.165, 1.54) is 7.11 Å². The summed E-state index contributed by atoms with van der Waals surface area (Å²) in [6.07, 6.45) is 0.721. The lowest BCUT2D eigenvalue weighted by Gasteiger charge is -2.15. The zero-order valence-electron chi connectivity index (χ0n) is 12.2. The Hall–Kier alpha value is -2.37. The van der Waals surface area contributed by atoms with E-state index in [-0.39, 0.29) is 36.8 Å². The quantitative estimate of drug-likeness (QED) is 0.730. The molecule has 1 unspecified atom stereocenters. The number of esters is 1. The Morgan fingerprint density at radius 1 is 1.19 bits per heavy atom. The van der Waals surface area contributed by atoms with Crippen LogP contribution in [0.2, 0.25) is 0 Å². The van der Waals surface area contributed by atoms with Gasteiger partial charge in [-0.15, -0.1) is 0 Å². The van der Waals surface area contributed by atoms with Gasteiger partial charge in [-0.2, -0.15) is 0 Å². The minimum atomic E-state index is -0.379. The number of benzene rings is 1. The van der Waals surface area contributed by atoms with Gasteiger partial charge in [0.25, 0.3) is 5.91 Å².